The highest BCUT2D eigenvalue weighted by molar-refractivity contribution is 7.09. The second kappa shape index (κ2) is 8.36. The Balaban J connectivity index is 1.36. The third-order valence-corrected chi connectivity index (χ3v) is 5.45. The van der Waals surface area contributed by atoms with Gasteiger partial charge in [0.05, 0.1) is 10.0 Å². The van der Waals surface area contributed by atoms with Crippen LogP contribution < -0.4 is 20.1 Å². The van der Waals surface area contributed by atoms with E-state index in [0.29, 0.717) is 21.0 Å². The normalized spacial score (nSPS) is 13.0. The Morgan fingerprint density at radius 3 is 2.89 bits per heavy atom. The fourth-order valence-electron chi connectivity index (χ4n) is 2.65. The van der Waals surface area contributed by atoms with E-state index in [0.717, 1.165) is 35.0 Å². The lowest BCUT2D eigenvalue weighted by molar-refractivity contribution is -0.621. The van der Waals surface area contributed by atoms with Crippen molar-refractivity contribution in [2.45, 2.75) is 13.5 Å². The Morgan fingerprint density at radius 2 is 2.04 bits per heavy atom. The van der Waals surface area contributed by atoms with Gasteiger partial charge in [-0.1, -0.05) is 23.2 Å². The number of rotatable bonds is 6. The van der Waals surface area contributed by atoms with Gasteiger partial charge in [0.15, 0.2) is 17.3 Å². The van der Waals surface area contributed by atoms with Gasteiger partial charge in [-0.15, -0.1) is 0 Å². The summed E-state index contributed by atoms with van der Waals surface area (Å²) < 4.78 is 15.1. The van der Waals surface area contributed by atoms with Gasteiger partial charge in [-0.25, -0.2) is 0 Å². The first-order chi connectivity index (χ1) is 13.6. The average Bonchev–Trinajstić information content (AvgIpc) is 3.32. The number of nitrogens with two attached hydrogens (primary N) is 1. The first-order valence-corrected chi connectivity index (χ1v) is 10.1. The number of quaternary nitrogens is 1. The molecule has 0 aliphatic carbocycles. The lowest BCUT2D eigenvalue weighted by Gasteiger charge is -2.03. The SMILES string of the molecule is CC(=Cc1nsc(Nc2ccc(Cl)c(Cl)c2)n1)[NH2+]Cc1ccc2c(c1)OCO2. The van der Waals surface area contributed by atoms with Crippen LogP contribution in [0.4, 0.5) is 10.8 Å². The number of fused-ring (bicyclic) bond motifs is 1. The van der Waals surface area contributed by atoms with E-state index in [9.17, 15) is 0 Å². The Hall–Kier alpha value is -2.32. The fraction of sp³-hybridized carbons (Fsp3) is 0.158. The highest BCUT2D eigenvalue weighted by Crippen LogP contribution is 2.32. The van der Waals surface area contributed by atoms with Crippen molar-refractivity contribution in [1.29, 1.82) is 0 Å². The van der Waals surface area contributed by atoms with Crippen LogP contribution in [0, 0.1) is 0 Å². The maximum atomic E-state index is 6.04. The molecule has 2 heterocycles. The Labute approximate surface area is 176 Å². The minimum Gasteiger partial charge on any atom is -0.454 e. The van der Waals surface area contributed by atoms with Crippen molar-refractivity contribution in [2.75, 3.05) is 12.1 Å². The molecule has 0 fully saturated rings. The smallest absolute Gasteiger partial charge is 0.231 e. The third kappa shape index (κ3) is 4.56. The van der Waals surface area contributed by atoms with Gasteiger partial charge in [0, 0.05) is 35.8 Å². The standard InChI is InChI=1S/C19H16Cl2N4O2S/c1-11(22-9-12-2-5-16-17(7-12)27-10-26-16)6-18-24-19(28-25-18)23-13-3-4-14(20)15(21)8-13/h2-8,22H,9-10H2,1H3,(H,23,24,25)/p+1. The lowest BCUT2D eigenvalue weighted by atomic mass is 10.2. The molecule has 0 saturated carbocycles. The largest absolute Gasteiger partial charge is 0.454 e. The second-order valence-electron chi connectivity index (χ2n) is 6.20. The van der Waals surface area contributed by atoms with Crippen molar-refractivity contribution < 1.29 is 14.8 Å². The number of nitrogens with zero attached hydrogens (tertiary/aromatic N) is 2. The van der Waals surface area contributed by atoms with Crippen molar-refractivity contribution in [1.82, 2.24) is 9.36 Å². The van der Waals surface area contributed by atoms with Crippen LogP contribution >= 0.6 is 34.7 Å². The van der Waals surface area contributed by atoms with Crippen LogP contribution in [0.2, 0.25) is 10.0 Å². The molecule has 3 N–H and O–H groups in total. The van der Waals surface area contributed by atoms with Gasteiger partial charge < -0.3 is 20.1 Å². The molecule has 1 aromatic heterocycles. The molecule has 4 rings (SSSR count). The summed E-state index contributed by atoms with van der Waals surface area (Å²) in [5, 5.41) is 7.01. The topological polar surface area (TPSA) is 72.9 Å². The molecule has 144 valence electrons. The summed E-state index contributed by atoms with van der Waals surface area (Å²) in [5.41, 5.74) is 3.05. The number of halogens is 2. The molecule has 0 saturated heterocycles. The van der Waals surface area contributed by atoms with Crippen molar-refractivity contribution in [3.63, 3.8) is 0 Å². The minimum atomic E-state index is 0.287. The van der Waals surface area contributed by atoms with E-state index in [1.165, 1.54) is 11.5 Å². The van der Waals surface area contributed by atoms with Crippen LogP contribution in [0.25, 0.3) is 6.08 Å². The Kier molecular flexibility index (Phi) is 5.68. The van der Waals surface area contributed by atoms with E-state index in [1.54, 1.807) is 12.1 Å². The monoisotopic (exact) mass is 435 g/mol. The predicted molar refractivity (Wildman–Crippen MR) is 111 cm³/mol. The molecular formula is C19H17Cl2N4O2S+. The first kappa shape index (κ1) is 19.0. The van der Waals surface area contributed by atoms with Gasteiger partial charge >= 0.3 is 0 Å². The molecule has 0 atom stereocenters. The number of benzene rings is 2. The Morgan fingerprint density at radius 1 is 1.18 bits per heavy atom. The molecule has 1 aliphatic rings. The third-order valence-electron chi connectivity index (χ3n) is 4.07. The summed E-state index contributed by atoms with van der Waals surface area (Å²) in [6, 6.07) is 11.3. The molecule has 9 heteroatoms. The van der Waals surface area contributed by atoms with Crippen LogP contribution in [0.5, 0.6) is 11.5 Å². The maximum Gasteiger partial charge on any atom is 0.231 e. The summed E-state index contributed by atoms with van der Waals surface area (Å²) in [6.45, 7) is 3.10. The van der Waals surface area contributed by atoms with Crippen LogP contribution in [-0.4, -0.2) is 16.2 Å². The lowest BCUT2D eigenvalue weighted by Crippen LogP contribution is -2.79. The molecule has 3 aromatic rings. The van der Waals surface area contributed by atoms with Crippen LogP contribution in [-0.2, 0) is 6.54 Å². The molecule has 0 unspecified atom stereocenters. The second-order valence-corrected chi connectivity index (χ2v) is 7.76. The predicted octanol–water partition coefficient (Wildman–Crippen LogP) is 4.44. The number of nitrogens with one attached hydrogen (secondary N) is 1. The van der Waals surface area contributed by atoms with Gasteiger partial charge in [0.2, 0.25) is 11.9 Å². The quantitative estimate of drug-likeness (QED) is 0.598. The van der Waals surface area contributed by atoms with Crippen molar-refractivity contribution in [3.8, 4) is 11.5 Å². The molecule has 0 radical (unpaired) electrons. The van der Waals surface area contributed by atoms with E-state index in [2.05, 4.69) is 20.0 Å². The number of aromatic nitrogens is 2. The number of ether oxygens (including phenoxy) is 2. The highest BCUT2D eigenvalue weighted by Gasteiger charge is 2.13. The minimum absolute atomic E-state index is 0.287. The van der Waals surface area contributed by atoms with Crippen molar-refractivity contribution >= 4 is 51.6 Å². The molecule has 28 heavy (non-hydrogen) atoms. The van der Waals surface area contributed by atoms with Gasteiger partial charge in [0.25, 0.3) is 0 Å². The van der Waals surface area contributed by atoms with Crippen molar-refractivity contribution in [3.05, 3.63) is 63.5 Å². The summed E-state index contributed by atoms with van der Waals surface area (Å²) in [4.78, 5) is 4.49. The van der Waals surface area contributed by atoms with Gasteiger partial charge in [-0.2, -0.15) is 9.36 Å². The van der Waals surface area contributed by atoms with Crippen LogP contribution in [0.1, 0.15) is 18.3 Å². The van der Waals surface area contributed by atoms with Crippen LogP contribution in [0.15, 0.2) is 42.1 Å². The van der Waals surface area contributed by atoms with Crippen molar-refractivity contribution in [2.24, 2.45) is 0 Å². The molecular weight excluding hydrogens is 419 g/mol. The summed E-state index contributed by atoms with van der Waals surface area (Å²) >= 11 is 13.3. The van der Waals surface area contributed by atoms with Gasteiger partial charge in [0.1, 0.15) is 12.2 Å². The van der Waals surface area contributed by atoms with E-state index in [1.807, 2.05) is 37.3 Å². The zero-order chi connectivity index (χ0) is 19.5. The van der Waals surface area contributed by atoms with Gasteiger partial charge in [-0.05, 0) is 36.4 Å². The first-order valence-electron chi connectivity index (χ1n) is 8.52. The number of hydrogen-bond donors (Lipinski definition) is 2. The van der Waals surface area contributed by atoms with E-state index >= 15 is 0 Å². The zero-order valence-electron chi connectivity index (χ0n) is 14.9. The zero-order valence-corrected chi connectivity index (χ0v) is 17.2. The summed E-state index contributed by atoms with van der Waals surface area (Å²) in [5.74, 6) is 2.25. The molecule has 0 amide bonds. The molecule has 0 bridgehead atoms. The van der Waals surface area contributed by atoms with Gasteiger partial charge in [-0.3, -0.25) is 0 Å². The average molecular weight is 436 g/mol. The number of allylic oxidation sites excluding steroid dienone is 1. The summed E-state index contributed by atoms with van der Waals surface area (Å²) in [7, 11) is 0. The Bertz CT molecular complexity index is 1040. The molecule has 1 aliphatic heterocycles. The number of hydrogen-bond acceptors (Lipinski definition) is 6. The van der Waals surface area contributed by atoms with Crippen LogP contribution in [0.3, 0.4) is 0 Å². The highest BCUT2D eigenvalue weighted by atomic mass is 35.5. The molecule has 6 nitrogen and oxygen atoms in total. The van der Waals surface area contributed by atoms with E-state index in [4.69, 9.17) is 32.7 Å². The van der Waals surface area contributed by atoms with E-state index < -0.39 is 0 Å². The maximum absolute atomic E-state index is 6.04. The summed E-state index contributed by atoms with van der Waals surface area (Å²) in [6.07, 6.45) is 1.95. The van der Waals surface area contributed by atoms with E-state index in [-0.39, 0.29) is 6.79 Å². The fourth-order valence-corrected chi connectivity index (χ4v) is 3.52. The molecule has 2 aromatic carbocycles. The number of anilines is 2. The molecule has 0 spiro atoms.